The molecule has 6 aromatic carbocycles. The molecule has 0 saturated carbocycles. The van der Waals surface area contributed by atoms with E-state index < -0.39 is 0 Å². The summed E-state index contributed by atoms with van der Waals surface area (Å²) in [5.41, 5.74) is 5.34. The lowest BCUT2D eigenvalue weighted by molar-refractivity contribution is 0.125. The van der Waals surface area contributed by atoms with Crippen LogP contribution in [0.2, 0.25) is 0 Å². The minimum Gasteiger partial charge on any atom is -0.309 e. The van der Waals surface area contributed by atoms with Crippen molar-refractivity contribution in [1.82, 2.24) is 0 Å². The van der Waals surface area contributed by atoms with Crippen molar-refractivity contribution in [3.63, 3.8) is 0 Å². The Kier molecular flexibility index (Phi) is 5.16. The third-order valence-corrected chi connectivity index (χ3v) is 10.6. The molecule has 6 aromatic rings. The van der Waals surface area contributed by atoms with Gasteiger partial charge in [0.05, 0.1) is 9.80 Å². The lowest BCUT2D eigenvalue weighted by Crippen LogP contribution is -2.42. The molecule has 0 atom stereocenters. The van der Waals surface area contributed by atoms with Gasteiger partial charge in [-0.1, -0.05) is 145 Å². The molecule has 0 heterocycles. The van der Waals surface area contributed by atoms with Crippen LogP contribution in [0.5, 0.6) is 0 Å². The van der Waals surface area contributed by atoms with Crippen LogP contribution in [0.15, 0.2) is 127 Å². The fourth-order valence-corrected chi connectivity index (χ4v) is 7.05. The quantitative estimate of drug-likeness (QED) is 0.198. The Balaban J connectivity index is 1.65. The standard InChI is InChI=1S/C41H39N/c1-39(2)35-26-25-28(27-36(35)40(3,4)41(39,5)6)37-31-21-13-15-23-33(31)38(34-24-16-14-22-32(34)37)42(29-17-9-7-10-18-29)30-19-11-8-12-20-30/h7-27H,1-6H3/i25D,26D,27D. The van der Waals surface area contributed by atoms with E-state index in [-0.39, 0.29) is 28.3 Å². The fourth-order valence-electron chi connectivity index (χ4n) is 7.05. The Morgan fingerprint density at radius 2 is 0.929 bits per heavy atom. The Bertz CT molecular complexity index is 2010. The average molecular weight is 549 g/mol. The van der Waals surface area contributed by atoms with Gasteiger partial charge in [-0.15, -0.1) is 0 Å². The van der Waals surface area contributed by atoms with E-state index in [1.807, 2.05) is 24.3 Å². The van der Waals surface area contributed by atoms with E-state index in [1.54, 1.807) is 0 Å². The summed E-state index contributed by atoms with van der Waals surface area (Å²) in [4.78, 5) is 2.31. The molecule has 1 aliphatic carbocycles. The Morgan fingerprint density at radius 3 is 1.43 bits per heavy atom. The topological polar surface area (TPSA) is 3.24 Å². The Hall–Kier alpha value is -4.36. The lowest BCUT2D eigenvalue weighted by atomic mass is 9.59. The second-order valence-corrected chi connectivity index (χ2v) is 13.2. The first-order valence-electron chi connectivity index (χ1n) is 16.4. The number of anilines is 3. The maximum absolute atomic E-state index is 9.86. The highest BCUT2D eigenvalue weighted by Gasteiger charge is 2.56. The van der Waals surface area contributed by atoms with Crippen LogP contribution in [0.1, 0.15) is 56.8 Å². The third kappa shape index (κ3) is 3.62. The van der Waals surface area contributed by atoms with Crippen molar-refractivity contribution in [1.29, 1.82) is 0 Å². The van der Waals surface area contributed by atoms with Gasteiger partial charge in [-0.3, -0.25) is 0 Å². The number of fused-ring (bicyclic) bond motifs is 3. The van der Waals surface area contributed by atoms with Crippen LogP contribution >= 0.6 is 0 Å². The zero-order valence-corrected chi connectivity index (χ0v) is 25.3. The van der Waals surface area contributed by atoms with E-state index in [2.05, 4.69) is 131 Å². The smallest absolute Gasteiger partial charge is 0.0632 e. The van der Waals surface area contributed by atoms with E-state index in [1.165, 1.54) is 0 Å². The highest BCUT2D eigenvalue weighted by molar-refractivity contribution is 6.22. The Labute approximate surface area is 254 Å². The van der Waals surface area contributed by atoms with E-state index in [0.29, 0.717) is 11.6 Å². The van der Waals surface area contributed by atoms with Gasteiger partial charge in [-0.2, -0.15) is 0 Å². The monoisotopic (exact) mass is 548 g/mol. The summed E-state index contributed by atoms with van der Waals surface area (Å²) in [6, 6.07) is 38.3. The second kappa shape index (κ2) is 9.33. The minimum absolute atomic E-state index is 0.131. The van der Waals surface area contributed by atoms with E-state index >= 15 is 0 Å². The van der Waals surface area contributed by atoms with Gasteiger partial charge in [0.1, 0.15) is 0 Å². The first-order valence-corrected chi connectivity index (χ1v) is 14.9. The molecule has 0 aliphatic heterocycles. The molecule has 42 heavy (non-hydrogen) atoms. The molecular formula is C41H39N. The Morgan fingerprint density at radius 1 is 0.500 bits per heavy atom. The summed E-state index contributed by atoms with van der Waals surface area (Å²) < 4.78 is 28.8. The van der Waals surface area contributed by atoms with Gasteiger partial charge in [0.2, 0.25) is 0 Å². The maximum Gasteiger partial charge on any atom is 0.0632 e. The van der Waals surface area contributed by atoms with Crippen molar-refractivity contribution in [3.05, 3.63) is 138 Å². The summed E-state index contributed by atoms with van der Waals surface area (Å²) in [6.45, 7) is 13.3. The molecule has 208 valence electrons. The average Bonchev–Trinajstić information content (AvgIpc) is 3.15. The van der Waals surface area contributed by atoms with Gasteiger partial charge in [0.15, 0.2) is 0 Å². The predicted molar refractivity (Wildman–Crippen MR) is 181 cm³/mol. The molecule has 0 bridgehead atoms. The van der Waals surface area contributed by atoms with Crippen molar-refractivity contribution in [2.75, 3.05) is 4.90 Å². The summed E-state index contributed by atoms with van der Waals surface area (Å²) >= 11 is 0. The lowest BCUT2D eigenvalue weighted by Gasteiger charge is -2.44. The molecule has 0 saturated heterocycles. The molecule has 1 heteroatoms. The van der Waals surface area contributed by atoms with Crippen LogP contribution in [0.25, 0.3) is 32.7 Å². The van der Waals surface area contributed by atoms with Crippen LogP contribution in [-0.4, -0.2) is 0 Å². The zero-order chi connectivity index (χ0) is 31.9. The molecule has 0 amide bonds. The van der Waals surface area contributed by atoms with E-state index in [0.717, 1.165) is 55.3 Å². The largest absolute Gasteiger partial charge is 0.309 e. The van der Waals surface area contributed by atoms with Gasteiger partial charge in [0.25, 0.3) is 0 Å². The molecule has 0 spiro atoms. The molecule has 0 fully saturated rings. The van der Waals surface area contributed by atoms with Crippen molar-refractivity contribution in [3.8, 4) is 11.1 Å². The molecular weight excluding hydrogens is 506 g/mol. The predicted octanol–water partition coefficient (Wildman–Crippen LogP) is 11.7. The number of rotatable bonds is 4. The highest BCUT2D eigenvalue weighted by Crippen LogP contribution is 2.62. The van der Waals surface area contributed by atoms with E-state index in [4.69, 9.17) is 0 Å². The first kappa shape index (κ1) is 23.2. The van der Waals surface area contributed by atoms with Gasteiger partial charge in [0, 0.05) is 22.1 Å². The van der Waals surface area contributed by atoms with E-state index in [9.17, 15) is 4.11 Å². The maximum atomic E-state index is 9.86. The normalized spacial score (nSPS) is 17.4. The van der Waals surface area contributed by atoms with Crippen molar-refractivity contribution in [2.24, 2.45) is 5.41 Å². The summed E-state index contributed by atoms with van der Waals surface area (Å²) in [5, 5.41) is 4.01. The zero-order valence-electron chi connectivity index (χ0n) is 28.3. The number of hydrogen-bond donors (Lipinski definition) is 0. The van der Waals surface area contributed by atoms with Crippen LogP contribution in [0, 0.1) is 5.41 Å². The van der Waals surface area contributed by atoms with Gasteiger partial charge in [-0.25, -0.2) is 0 Å². The SMILES string of the molecule is [2H]c1c([2H])c2c(c([2H])c1-c1c3ccccc3c(N(c3ccccc3)c3ccccc3)c3ccccc13)C(C)(C)C(C)(C)C2(C)C. The van der Waals surface area contributed by atoms with Gasteiger partial charge >= 0.3 is 0 Å². The minimum atomic E-state index is -0.371. The van der Waals surface area contributed by atoms with Crippen LogP contribution in [-0.2, 0) is 10.8 Å². The molecule has 7 rings (SSSR count). The van der Waals surface area contributed by atoms with Crippen LogP contribution in [0.4, 0.5) is 17.1 Å². The number of nitrogens with zero attached hydrogens (tertiary/aromatic N) is 1. The highest BCUT2D eigenvalue weighted by atomic mass is 15.1. The van der Waals surface area contributed by atoms with Gasteiger partial charge < -0.3 is 4.90 Å². The van der Waals surface area contributed by atoms with Crippen LogP contribution < -0.4 is 4.90 Å². The fraction of sp³-hybridized carbons (Fsp3) is 0.220. The number of hydrogen-bond acceptors (Lipinski definition) is 1. The third-order valence-electron chi connectivity index (χ3n) is 10.6. The molecule has 0 aromatic heterocycles. The summed E-state index contributed by atoms with van der Waals surface area (Å²) in [6.07, 6.45) is 0. The first-order chi connectivity index (χ1) is 21.4. The molecule has 1 nitrogen and oxygen atoms in total. The molecule has 0 unspecified atom stereocenters. The molecule has 0 N–H and O–H groups in total. The number of benzene rings is 6. The summed E-state index contributed by atoms with van der Waals surface area (Å²) in [7, 11) is 0. The van der Waals surface area contributed by atoms with Crippen molar-refractivity contribution < 1.29 is 4.11 Å². The molecule has 0 radical (unpaired) electrons. The second-order valence-electron chi connectivity index (χ2n) is 13.2. The van der Waals surface area contributed by atoms with Crippen LogP contribution in [0.3, 0.4) is 0 Å². The summed E-state index contributed by atoms with van der Waals surface area (Å²) in [5.74, 6) is 0. The van der Waals surface area contributed by atoms with Crippen molar-refractivity contribution in [2.45, 2.75) is 52.4 Å². The van der Waals surface area contributed by atoms with Crippen molar-refractivity contribution >= 4 is 38.6 Å². The number of para-hydroxylation sites is 2. The van der Waals surface area contributed by atoms with Gasteiger partial charge in [-0.05, 0) is 73.5 Å². The molecule has 1 aliphatic rings.